The molecule has 2 aromatic rings. The summed E-state index contributed by atoms with van der Waals surface area (Å²) in [5, 5.41) is 0.788. The van der Waals surface area contributed by atoms with Crippen LogP contribution in [0.2, 0.25) is 5.02 Å². The number of carbonyl (C=O) groups is 1. The van der Waals surface area contributed by atoms with Gasteiger partial charge in [-0.1, -0.05) is 11.6 Å². The lowest BCUT2D eigenvalue weighted by atomic mass is 9.83. The van der Waals surface area contributed by atoms with E-state index in [0.717, 1.165) is 33.1 Å². The molecule has 0 saturated carbocycles. The fourth-order valence-electron chi connectivity index (χ4n) is 2.75. The minimum Gasteiger partial charge on any atom is -0.294 e. The third-order valence-corrected chi connectivity index (χ3v) is 5.23. The van der Waals surface area contributed by atoms with Gasteiger partial charge in [-0.3, -0.25) is 9.78 Å². The standard InChI is InChI=1S/C15H14ClNOS.ClH/c1-8-3-4-17-12-6-10(7-13(18)14(8)12)15-11(16)5-9(2)19-15;/h3-5,10H,6-7H2,1-2H3;1H. The molecular formula is C15H15Cl2NOS. The van der Waals surface area contributed by atoms with Gasteiger partial charge in [-0.25, -0.2) is 0 Å². The van der Waals surface area contributed by atoms with Gasteiger partial charge in [0.05, 0.1) is 10.7 Å². The van der Waals surface area contributed by atoms with Crippen molar-refractivity contribution in [3.8, 4) is 0 Å². The van der Waals surface area contributed by atoms with E-state index in [-0.39, 0.29) is 24.1 Å². The van der Waals surface area contributed by atoms with Crippen LogP contribution in [-0.2, 0) is 6.42 Å². The second-order valence-corrected chi connectivity index (χ2v) is 6.74. The molecule has 0 saturated heterocycles. The molecule has 1 atom stereocenters. The van der Waals surface area contributed by atoms with Gasteiger partial charge in [-0.15, -0.1) is 23.7 Å². The summed E-state index contributed by atoms with van der Waals surface area (Å²) in [5.74, 6) is 0.375. The average molecular weight is 328 g/mol. The van der Waals surface area contributed by atoms with Crippen LogP contribution in [0.5, 0.6) is 0 Å². The Balaban J connectivity index is 0.00000147. The average Bonchev–Trinajstić information content (AvgIpc) is 2.68. The van der Waals surface area contributed by atoms with Gasteiger partial charge in [0.25, 0.3) is 0 Å². The fourth-order valence-corrected chi connectivity index (χ4v) is 4.26. The van der Waals surface area contributed by atoms with Gasteiger partial charge in [0.2, 0.25) is 0 Å². The number of aryl methyl sites for hydroxylation is 2. The molecule has 2 aromatic heterocycles. The Labute approximate surface area is 133 Å². The molecule has 0 bridgehead atoms. The lowest BCUT2D eigenvalue weighted by molar-refractivity contribution is 0.0963. The highest BCUT2D eigenvalue weighted by molar-refractivity contribution is 7.12. The maximum absolute atomic E-state index is 12.3. The third kappa shape index (κ3) is 2.62. The molecule has 1 unspecified atom stereocenters. The number of ketones is 1. The zero-order valence-electron chi connectivity index (χ0n) is 11.3. The molecule has 3 rings (SSSR count). The number of Topliss-reactive ketones (excluding diaryl/α,β-unsaturated/α-hetero) is 1. The minimum absolute atomic E-state index is 0. The number of hydrogen-bond acceptors (Lipinski definition) is 3. The maximum atomic E-state index is 12.3. The van der Waals surface area contributed by atoms with Crippen LogP contribution in [0.4, 0.5) is 0 Å². The third-order valence-electron chi connectivity index (χ3n) is 3.60. The minimum atomic E-state index is 0. The SMILES string of the molecule is Cc1cc(Cl)c(C2CC(=O)c3c(C)ccnc3C2)s1.Cl. The Kier molecular flexibility index (Phi) is 4.52. The monoisotopic (exact) mass is 327 g/mol. The van der Waals surface area contributed by atoms with Gasteiger partial charge in [0.1, 0.15) is 0 Å². The maximum Gasteiger partial charge on any atom is 0.165 e. The van der Waals surface area contributed by atoms with Crippen LogP contribution in [0.3, 0.4) is 0 Å². The largest absolute Gasteiger partial charge is 0.294 e. The van der Waals surface area contributed by atoms with Crippen molar-refractivity contribution in [3.05, 3.63) is 49.9 Å². The smallest absolute Gasteiger partial charge is 0.165 e. The Hall–Kier alpha value is -0.900. The van der Waals surface area contributed by atoms with Gasteiger partial charge < -0.3 is 0 Å². The van der Waals surface area contributed by atoms with Crippen LogP contribution in [0.1, 0.15) is 43.7 Å². The van der Waals surface area contributed by atoms with E-state index in [0.29, 0.717) is 6.42 Å². The second kappa shape index (κ2) is 5.84. The Morgan fingerprint density at radius 3 is 2.75 bits per heavy atom. The molecule has 20 heavy (non-hydrogen) atoms. The van der Waals surface area contributed by atoms with Crippen molar-refractivity contribution in [2.75, 3.05) is 0 Å². The van der Waals surface area contributed by atoms with Crippen LogP contribution >= 0.6 is 35.3 Å². The summed E-state index contributed by atoms with van der Waals surface area (Å²) in [4.78, 5) is 19.0. The van der Waals surface area contributed by atoms with Gasteiger partial charge >= 0.3 is 0 Å². The Morgan fingerprint density at radius 1 is 1.35 bits per heavy atom. The number of pyridine rings is 1. The predicted molar refractivity (Wildman–Crippen MR) is 85.7 cm³/mol. The number of aromatic nitrogens is 1. The predicted octanol–water partition coefficient (Wildman–Crippen LogP) is 4.75. The zero-order chi connectivity index (χ0) is 13.6. The van der Waals surface area contributed by atoms with Crippen molar-refractivity contribution >= 4 is 41.1 Å². The van der Waals surface area contributed by atoms with Gasteiger partial charge in [-0.05, 0) is 38.0 Å². The highest BCUT2D eigenvalue weighted by Crippen LogP contribution is 2.40. The summed E-state index contributed by atoms with van der Waals surface area (Å²) >= 11 is 7.95. The van der Waals surface area contributed by atoms with Crippen LogP contribution in [0.25, 0.3) is 0 Å². The molecule has 0 fully saturated rings. The number of rotatable bonds is 1. The van der Waals surface area contributed by atoms with Gasteiger partial charge in [0, 0.05) is 33.9 Å². The number of fused-ring (bicyclic) bond motifs is 1. The molecule has 0 amide bonds. The first-order valence-electron chi connectivity index (χ1n) is 6.29. The van der Waals surface area contributed by atoms with E-state index in [1.54, 1.807) is 17.5 Å². The van der Waals surface area contributed by atoms with Crippen molar-refractivity contribution in [3.63, 3.8) is 0 Å². The second-order valence-electron chi connectivity index (χ2n) is 5.05. The first kappa shape index (κ1) is 15.5. The summed E-state index contributed by atoms with van der Waals surface area (Å²) in [6, 6.07) is 3.88. The van der Waals surface area contributed by atoms with Crippen LogP contribution < -0.4 is 0 Å². The van der Waals surface area contributed by atoms with E-state index >= 15 is 0 Å². The Bertz CT molecular complexity index is 666. The van der Waals surface area contributed by atoms with Gasteiger partial charge in [0.15, 0.2) is 5.78 Å². The number of hydrogen-bond donors (Lipinski definition) is 0. The highest BCUT2D eigenvalue weighted by Gasteiger charge is 2.30. The molecule has 1 aliphatic rings. The molecule has 0 spiro atoms. The molecular weight excluding hydrogens is 313 g/mol. The zero-order valence-corrected chi connectivity index (χ0v) is 13.7. The molecule has 1 aliphatic carbocycles. The first-order chi connectivity index (χ1) is 9.06. The van der Waals surface area contributed by atoms with E-state index < -0.39 is 0 Å². The van der Waals surface area contributed by atoms with E-state index in [1.165, 1.54) is 4.88 Å². The van der Waals surface area contributed by atoms with E-state index in [2.05, 4.69) is 4.98 Å². The molecule has 0 radical (unpaired) electrons. The summed E-state index contributed by atoms with van der Waals surface area (Å²) in [5.41, 5.74) is 2.77. The molecule has 2 heterocycles. The van der Waals surface area contributed by atoms with E-state index in [1.807, 2.05) is 26.0 Å². The lowest BCUT2D eigenvalue weighted by Gasteiger charge is -2.23. The van der Waals surface area contributed by atoms with Crippen molar-refractivity contribution in [1.29, 1.82) is 0 Å². The fraction of sp³-hybridized carbons (Fsp3) is 0.333. The number of halogens is 2. The molecule has 2 nitrogen and oxygen atoms in total. The quantitative estimate of drug-likeness (QED) is 0.756. The van der Waals surface area contributed by atoms with Gasteiger partial charge in [-0.2, -0.15) is 0 Å². The van der Waals surface area contributed by atoms with Crippen molar-refractivity contribution < 1.29 is 4.79 Å². The van der Waals surface area contributed by atoms with E-state index in [4.69, 9.17) is 11.6 Å². The topological polar surface area (TPSA) is 30.0 Å². The normalized spacial score (nSPS) is 17.6. The lowest BCUT2D eigenvalue weighted by Crippen LogP contribution is -2.20. The van der Waals surface area contributed by atoms with Crippen LogP contribution in [-0.4, -0.2) is 10.8 Å². The molecule has 0 aromatic carbocycles. The summed E-state index contributed by atoms with van der Waals surface area (Å²) < 4.78 is 0. The van der Waals surface area contributed by atoms with Crippen molar-refractivity contribution in [2.24, 2.45) is 0 Å². The van der Waals surface area contributed by atoms with Crippen molar-refractivity contribution in [2.45, 2.75) is 32.6 Å². The molecule has 0 N–H and O–H groups in total. The Morgan fingerprint density at radius 2 is 2.10 bits per heavy atom. The molecule has 106 valence electrons. The molecule has 0 aliphatic heterocycles. The number of carbonyl (C=O) groups excluding carboxylic acids is 1. The summed E-state index contributed by atoms with van der Waals surface area (Å²) in [6.07, 6.45) is 3.13. The summed E-state index contributed by atoms with van der Waals surface area (Å²) in [6.45, 7) is 4.02. The van der Waals surface area contributed by atoms with Crippen molar-refractivity contribution in [1.82, 2.24) is 4.98 Å². The van der Waals surface area contributed by atoms with E-state index in [9.17, 15) is 4.79 Å². The highest BCUT2D eigenvalue weighted by atomic mass is 35.5. The molecule has 5 heteroatoms. The number of nitrogens with zero attached hydrogens (tertiary/aromatic N) is 1. The van der Waals surface area contributed by atoms with Crippen LogP contribution in [0, 0.1) is 13.8 Å². The first-order valence-corrected chi connectivity index (χ1v) is 7.49. The van der Waals surface area contributed by atoms with Crippen LogP contribution in [0.15, 0.2) is 18.3 Å². The summed E-state index contributed by atoms with van der Waals surface area (Å²) in [7, 11) is 0. The number of thiophene rings is 1.